The Labute approximate surface area is 186 Å². The van der Waals surface area contributed by atoms with E-state index in [0.29, 0.717) is 5.89 Å². The van der Waals surface area contributed by atoms with E-state index in [4.69, 9.17) is 9.40 Å². The van der Waals surface area contributed by atoms with E-state index in [0.717, 1.165) is 16.7 Å². The summed E-state index contributed by atoms with van der Waals surface area (Å²) in [5.41, 5.74) is 3.10. The first-order chi connectivity index (χ1) is 14.7. The summed E-state index contributed by atoms with van der Waals surface area (Å²) >= 11 is -2.43. The van der Waals surface area contributed by atoms with E-state index in [9.17, 15) is 0 Å². The van der Waals surface area contributed by atoms with Crippen LogP contribution in [0, 0.1) is 0 Å². The van der Waals surface area contributed by atoms with Crippen LogP contribution in [0.15, 0.2) is 52.9 Å². The SMILES string of the molecule is CCC[CH2][Sn]([CH2]CCC)([CH2]CCC)[c]1ccc2nc(/C=C/c3ccccc3)oc2c1. The molecule has 0 bridgehead atoms. The Morgan fingerprint density at radius 1 is 0.800 bits per heavy atom. The number of hydrogen-bond acceptors (Lipinski definition) is 2. The van der Waals surface area contributed by atoms with Gasteiger partial charge in [-0.3, -0.25) is 0 Å². The minimum atomic E-state index is -2.43. The molecule has 0 N–H and O–H groups in total. The van der Waals surface area contributed by atoms with E-state index in [1.807, 2.05) is 24.3 Å². The van der Waals surface area contributed by atoms with Gasteiger partial charge in [0.1, 0.15) is 0 Å². The van der Waals surface area contributed by atoms with Crippen molar-refractivity contribution in [1.29, 1.82) is 0 Å². The van der Waals surface area contributed by atoms with Crippen molar-refractivity contribution in [3.05, 3.63) is 60.0 Å². The van der Waals surface area contributed by atoms with Crippen molar-refractivity contribution in [3.63, 3.8) is 0 Å². The van der Waals surface area contributed by atoms with Gasteiger partial charge < -0.3 is 0 Å². The van der Waals surface area contributed by atoms with Crippen LogP contribution in [-0.4, -0.2) is 23.4 Å². The molecule has 160 valence electrons. The zero-order valence-corrected chi connectivity index (χ0v) is 21.8. The number of rotatable bonds is 12. The van der Waals surface area contributed by atoms with Crippen molar-refractivity contribution in [2.24, 2.45) is 0 Å². The Kier molecular flexibility index (Phi) is 9.04. The van der Waals surface area contributed by atoms with Crippen LogP contribution < -0.4 is 3.58 Å². The van der Waals surface area contributed by atoms with Crippen molar-refractivity contribution in [2.45, 2.75) is 72.6 Å². The molecule has 0 radical (unpaired) electrons. The van der Waals surface area contributed by atoms with Crippen LogP contribution in [0.1, 0.15) is 70.8 Å². The summed E-state index contributed by atoms with van der Waals surface area (Å²) < 4.78 is 12.3. The topological polar surface area (TPSA) is 26.0 Å². The third-order valence-corrected chi connectivity index (χ3v) is 21.9. The first-order valence-electron chi connectivity index (χ1n) is 11.8. The van der Waals surface area contributed by atoms with Crippen molar-refractivity contribution < 1.29 is 4.42 Å². The normalized spacial score (nSPS) is 12.2. The number of unbranched alkanes of at least 4 members (excludes halogenated alkanes) is 3. The standard InChI is InChI=1S/C15H10NO.3C4H9.Sn/c1-2-6-12(7-3-1)10-11-15-16-13-8-4-5-9-14(13)17-15;3*1-3-4-2;/h1-4,6-11H;3*1,3-4H2,2H3;/b11-10+;;;;. The summed E-state index contributed by atoms with van der Waals surface area (Å²) in [5.74, 6) is 0.697. The fourth-order valence-electron chi connectivity index (χ4n) is 4.43. The van der Waals surface area contributed by atoms with E-state index in [2.05, 4.69) is 57.2 Å². The molecule has 30 heavy (non-hydrogen) atoms. The summed E-state index contributed by atoms with van der Waals surface area (Å²) in [6.07, 6.45) is 12.1. The second-order valence-corrected chi connectivity index (χ2v) is 21.8. The molecule has 1 heterocycles. The molecule has 0 aliphatic carbocycles. The van der Waals surface area contributed by atoms with Gasteiger partial charge in [-0.1, -0.05) is 0 Å². The molecule has 0 unspecified atom stereocenters. The molecule has 2 aromatic carbocycles. The van der Waals surface area contributed by atoms with E-state index in [1.165, 1.54) is 51.8 Å². The zero-order chi connectivity index (χ0) is 21.2. The molecule has 0 saturated carbocycles. The number of benzene rings is 2. The van der Waals surface area contributed by atoms with Crippen LogP contribution in [0.5, 0.6) is 0 Å². The zero-order valence-electron chi connectivity index (χ0n) is 19.0. The summed E-state index contributed by atoms with van der Waals surface area (Å²) in [4.78, 5) is 4.71. The van der Waals surface area contributed by atoms with Gasteiger partial charge in [-0.2, -0.15) is 0 Å². The van der Waals surface area contributed by atoms with Crippen LogP contribution in [0.3, 0.4) is 0 Å². The van der Waals surface area contributed by atoms with Gasteiger partial charge in [-0.15, -0.1) is 0 Å². The van der Waals surface area contributed by atoms with Gasteiger partial charge in [0.05, 0.1) is 0 Å². The van der Waals surface area contributed by atoms with Crippen LogP contribution in [-0.2, 0) is 0 Å². The molecule has 0 saturated heterocycles. The predicted molar refractivity (Wildman–Crippen MR) is 134 cm³/mol. The average Bonchev–Trinajstić information content (AvgIpc) is 3.20. The average molecular weight is 510 g/mol. The van der Waals surface area contributed by atoms with Crippen LogP contribution >= 0.6 is 0 Å². The molecule has 0 amide bonds. The maximum absolute atomic E-state index is 6.17. The second-order valence-electron chi connectivity index (χ2n) is 8.57. The van der Waals surface area contributed by atoms with E-state index in [1.54, 1.807) is 3.58 Å². The molecule has 3 rings (SSSR count). The molecule has 0 fully saturated rings. The molecule has 1 aromatic heterocycles. The molecule has 0 spiro atoms. The fourth-order valence-corrected chi connectivity index (χ4v) is 20.4. The van der Waals surface area contributed by atoms with Gasteiger partial charge in [-0.25, -0.2) is 0 Å². The summed E-state index contributed by atoms with van der Waals surface area (Å²) in [6, 6.07) is 17.3. The van der Waals surface area contributed by atoms with Gasteiger partial charge in [0.15, 0.2) is 0 Å². The molecule has 3 aromatic rings. The number of aromatic nitrogens is 1. The van der Waals surface area contributed by atoms with E-state index in [-0.39, 0.29) is 0 Å². The Hall–Kier alpha value is -1.55. The predicted octanol–water partition coefficient (Wildman–Crippen LogP) is 8.05. The van der Waals surface area contributed by atoms with Gasteiger partial charge in [0.2, 0.25) is 0 Å². The molecule has 2 nitrogen and oxygen atoms in total. The van der Waals surface area contributed by atoms with Crippen LogP contribution in [0.25, 0.3) is 23.3 Å². The minimum absolute atomic E-state index is 0.697. The van der Waals surface area contributed by atoms with Crippen molar-refractivity contribution >= 4 is 45.2 Å². The van der Waals surface area contributed by atoms with Gasteiger partial charge >= 0.3 is 187 Å². The van der Waals surface area contributed by atoms with Crippen molar-refractivity contribution in [1.82, 2.24) is 4.98 Å². The van der Waals surface area contributed by atoms with Crippen LogP contribution in [0.4, 0.5) is 0 Å². The summed E-state index contributed by atoms with van der Waals surface area (Å²) in [5, 5.41) is 0. The van der Waals surface area contributed by atoms with Crippen molar-refractivity contribution in [2.75, 3.05) is 0 Å². The van der Waals surface area contributed by atoms with Gasteiger partial charge in [0.25, 0.3) is 0 Å². The molecule has 0 aliphatic rings. The number of hydrogen-bond donors (Lipinski definition) is 0. The molecule has 3 heteroatoms. The third-order valence-electron chi connectivity index (χ3n) is 6.26. The van der Waals surface area contributed by atoms with Gasteiger partial charge in [0, 0.05) is 0 Å². The first-order valence-corrected chi connectivity index (χ1v) is 19.3. The quantitative estimate of drug-likeness (QED) is 0.231. The monoisotopic (exact) mass is 511 g/mol. The maximum atomic E-state index is 6.17. The first kappa shape index (κ1) is 23.1. The van der Waals surface area contributed by atoms with E-state index >= 15 is 0 Å². The Morgan fingerprint density at radius 3 is 2.03 bits per heavy atom. The van der Waals surface area contributed by atoms with Crippen molar-refractivity contribution in [3.8, 4) is 0 Å². The number of oxazole rings is 1. The molecule has 0 atom stereocenters. The summed E-state index contributed by atoms with van der Waals surface area (Å²) in [6.45, 7) is 7.00. The Balaban J connectivity index is 1.92. The van der Waals surface area contributed by atoms with Crippen LogP contribution in [0.2, 0.25) is 13.3 Å². The molecule has 0 aliphatic heterocycles. The Morgan fingerprint density at radius 2 is 1.43 bits per heavy atom. The molecular weight excluding hydrogens is 473 g/mol. The molecular formula is C27H37NOSn. The second kappa shape index (κ2) is 11.7. The third kappa shape index (κ3) is 6.00. The summed E-state index contributed by atoms with van der Waals surface area (Å²) in [7, 11) is 0. The van der Waals surface area contributed by atoms with Gasteiger partial charge in [-0.05, 0) is 0 Å². The Bertz CT molecular complexity index is 907. The number of fused-ring (bicyclic) bond motifs is 1. The fraction of sp³-hybridized carbons (Fsp3) is 0.444. The van der Waals surface area contributed by atoms with E-state index < -0.39 is 18.4 Å². The number of nitrogens with zero attached hydrogens (tertiary/aromatic N) is 1.